The molecule has 1 aliphatic heterocycles. The van der Waals surface area contributed by atoms with Crippen molar-refractivity contribution >= 4 is 11.6 Å². The number of hydrogen-bond acceptors (Lipinski definition) is 2. The number of fused-ring (bicyclic) bond motifs is 1. The number of rotatable bonds is 4. The molecule has 0 aromatic heterocycles. The fraction of sp³-hybridized carbons (Fsp3) is 0.278. The van der Waals surface area contributed by atoms with Gasteiger partial charge in [-0.15, -0.1) is 0 Å². The molecular weight excluding hydrogens is 279 g/mol. The zero-order valence-corrected chi connectivity index (χ0v) is 12.4. The van der Waals surface area contributed by atoms with E-state index in [0.717, 1.165) is 23.2 Å². The molecule has 1 amide bonds. The fourth-order valence-corrected chi connectivity index (χ4v) is 2.75. The van der Waals surface area contributed by atoms with Gasteiger partial charge in [-0.1, -0.05) is 36.4 Å². The molecule has 3 rings (SSSR count). The monoisotopic (exact) mass is 298 g/mol. The Labute approximate surface area is 129 Å². The Hall–Kier alpha value is -2.20. The van der Waals surface area contributed by atoms with Crippen LogP contribution in [-0.4, -0.2) is 12.5 Å². The van der Waals surface area contributed by atoms with Gasteiger partial charge in [0.05, 0.1) is 5.69 Å². The highest BCUT2D eigenvalue weighted by Crippen LogP contribution is 2.24. The summed E-state index contributed by atoms with van der Waals surface area (Å²) in [4.78, 5) is 12.0. The molecule has 0 atom stereocenters. The summed E-state index contributed by atoms with van der Waals surface area (Å²) in [5, 5.41) is 5.91. The third kappa shape index (κ3) is 3.34. The van der Waals surface area contributed by atoms with Crippen LogP contribution >= 0.6 is 0 Å². The molecule has 0 spiro atoms. The van der Waals surface area contributed by atoms with Crippen molar-refractivity contribution in [2.45, 2.75) is 25.8 Å². The molecule has 114 valence electrons. The molecule has 0 fully saturated rings. The van der Waals surface area contributed by atoms with E-state index in [9.17, 15) is 9.18 Å². The molecule has 4 heteroatoms. The summed E-state index contributed by atoms with van der Waals surface area (Å²) < 4.78 is 14.4. The van der Waals surface area contributed by atoms with E-state index in [4.69, 9.17) is 0 Å². The standard InChI is InChI=1S/C18H19FN2O/c19-18-15-10-11-20-12-14(15)7-8-16(18)21-17(22)9-6-13-4-2-1-3-5-13/h1-5,7-8,20H,6,9-12H2,(H,21,22). The summed E-state index contributed by atoms with van der Waals surface area (Å²) in [5.41, 5.74) is 3.10. The van der Waals surface area contributed by atoms with Crippen LogP contribution in [0.15, 0.2) is 42.5 Å². The van der Waals surface area contributed by atoms with Crippen molar-refractivity contribution in [2.24, 2.45) is 0 Å². The van der Waals surface area contributed by atoms with Crippen LogP contribution in [0.3, 0.4) is 0 Å². The first-order valence-electron chi connectivity index (χ1n) is 7.59. The van der Waals surface area contributed by atoms with Crippen molar-refractivity contribution < 1.29 is 9.18 Å². The average molecular weight is 298 g/mol. The quantitative estimate of drug-likeness (QED) is 0.911. The van der Waals surface area contributed by atoms with Crippen molar-refractivity contribution in [2.75, 3.05) is 11.9 Å². The molecule has 0 radical (unpaired) electrons. The molecule has 0 saturated heterocycles. The normalized spacial score (nSPS) is 13.5. The molecule has 2 N–H and O–H groups in total. The summed E-state index contributed by atoms with van der Waals surface area (Å²) in [5.74, 6) is -0.441. The molecular formula is C18H19FN2O. The highest BCUT2D eigenvalue weighted by atomic mass is 19.1. The molecule has 0 bridgehead atoms. The van der Waals surface area contributed by atoms with E-state index < -0.39 is 0 Å². The average Bonchev–Trinajstić information content (AvgIpc) is 2.57. The van der Waals surface area contributed by atoms with Gasteiger partial charge in [-0.2, -0.15) is 0 Å². The van der Waals surface area contributed by atoms with Gasteiger partial charge in [-0.05, 0) is 42.1 Å². The van der Waals surface area contributed by atoms with Gasteiger partial charge in [0.1, 0.15) is 5.82 Å². The first-order valence-corrected chi connectivity index (χ1v) is 7.59. The molecule has 1 aliphatic rings. The van der Waals surface area contributed by atoms with Gasteiger partial charge in [0.2, 0.25) is 5.91 Å². The summed E-state index contributed by atoms with van der Waals surface area (Å²) in [7, 11) is 0. The van der Waals surface area contributed by atoms with Crippen LogP contribution in [-0.2, 0) is 24.2 Å². The van der Waals surface area contributed by atoms with Gasteiger partial charge < -0.3 is 10.6 Å². The second kappa shape index (κ2) is 6.71. The molecule has 0 saturated carbocycles. The van der Waals surface area contributed by atoms with Crippen LogP contribution in [0.5, 0.6) is 0 Å². The topological polar surface area (TPSA) is 41.1 Å². The molecule has 3 nitrogen and oxygen atoms in total. The highest BCUT2D eigenvalue weighted by Gasteiger charge is 2.17. The molecule has 2 aromatic rings. The van der Waals surface area contributed by atoms with E-state index in [1.54, 1.807) is 6.07 Å². The lowest BCUT2D eigenvalue weighted by molar-refractivity contribution is -0.116. The maximum Gasteiger partial charge on any atom is 0.224 e. The number of halogens is 1. The minimum atomic E-state index is -0.285. The van der Waals surface area contributed by atoms with E-state index in [2.05, 4.69) is 10.6 Å². The Morgan fingerprint density at radius 2 is 2.00 bits per heavy atom. The highest BCUT2D eigenvalue weighted by molar-refractivity contribution is 5.91. The summed E-state index contributed by atoms with van der Waals surface area (Å²) in [6, 6.07) is 13.4. The maximum absolute atomic E-state index is 14.4. The number of carbonyl (C=O) groups excluding carboxylic acids is 1. The predicted molar refractivity (Wildman–Crippen MR) is 85.2 cm³/mol. The predicted octanol–water partition coefficient (Wildman–Crippen LogP) is 3.04. The van der Waals surface area contributed by atoms with Crippen molar-refractivity contribution in [1.29, 1.82) is 0 Å². The van der Waals surface area contributed by atoms with E-state index >= 15 is 0 Å². The lowest BCUT2D eigenvalue weighted by Crippen LogP contribution is -2.25. The van der Waals surface area contributed by atoms with Crippen LogP contribution < -0.4 is 10.6 Å². The van der Waals surface area contributed by atoms with Crippen LogP contribution in [0.25, 0.3) is 0 Å². The van der Waals surface area contributed by atoms with Gasteiger partial charge in [-0.25, -0.2) is 4.39 Å². The number of amides is 1. The minimum absolute atomic E-state index is 0.156. The zero-order chi connectivity index (χ0) is 15.4. The molecule has 0 unspecified atom stereocenters. The minimum Gasteiger partial charge on any atom is -0.324 e. The largest absolute Gasteiger partial charge is 0.324 e. The first kappa shape index (κ1) is 14.7. The van der Waals surface area contributed by atoms with E-state index in [-0.39, 0.29) is 11.7 Å². The van der Waals surface area contributed by atoms with E-state index in [1.807, 2.05) is 36.4 Å². The molecule has 1 heterocycles. The number of hydrogen-bond donors (Lipinski definition) is 2. The number of anilines is 1. The zero-order valence-electron chi connectivity index (χ0n) is 12.4. The number of carbonyl (C=O) groups is 1. The van der Waals surface area contributed by atoms with Gasteiger partial charge in [0.25, 0.3) is 0 Å². The van der Waals surface area contributed by atoms with Gasteiger partial charge >= 0.3 is 0 Å². The van der Waals surface area contributed by atoms with Crippen LogP contribution in [0.2, 0.25) is 0 Å². The Morgan fingerprint density at radius 1 is 1.18 bits per heavy atom. The smallest absolute Gasteiger partial charge is 0.224 e. The second-order valence-corrected chi connectivity index (χ2v) is 5.53. The van der Waals surface area contributed by atoms with E-state index in [0.29, 0.717) is 31.5 Å². The van der Waals surface area contributed by atoms with Crippen molar-refractivity contribution in [3.63, 3.8) is 0 Å². The Bertz CT molecular complexity index is 670. The summed E-state index contributed by atoms with van der Waals surface area (Å²) in [6.45, 7) is 1.46. The first-order chi connectivity index (χ1) is 10.7. The third-order valence-electron chi connectivity index (χ3n) is 3.97. The summed E-state index contributed by atoms with van der Waals surface area (Å²) in [6.07, 6.45) is 1.67. The molecule has 0 aliphatic carbocycles. The Kier molecular flexibility index (Phi) is 4.49. The Balaban J connectivity index is 1.64. The van der Waals surface area contributed by atoms with Crippen LogP contribution in [0, 0.1) is 5.82 Å². The fourth-order valence-electron chi connectivity index (χ4n) is 2.75. The number of benzene rings is 2. The molecule has 22 heavy (non-hydrogen) atoms. The van der Waals surface area contributed by atoms with Gasteiger partial charge in [0, 0.05) is 13.0 Å². The third-order valence-corrected chi connectivity index (χ3v) is 3.97. The number of nitrogens with one attached hydrogen (secondary N) is 2. The van der Waals surface area contributed by atoms with Crippen molar-refractivity contribution in [1.82, 2.24) is 5.32 Å². The van der Waals surface area contributed by atoms with Gasteiger partial charge in [-0.3, -0.25) is 4.79 Å². The summed E-state index contributed by atoms with van der Waals surface area (Å²) >= 11 is 0. The van der Waals surface area contributed by atoms with Crippen molar-refractivity contribution in [3.8, 4) is 0 Å². The SMILES string of the molecule is O=C(CCc1ccccc1)Nc1ccc2c(c1F)CCNC2. The lowest BCUT2D eigenvalue weighted by Gasteiger charge is -2.19. The van der Waals surface area contributed by atoms with Crippen LogP contribution in [0.4, 0.5) is 10.1 Å². The van der Waals surface area contributed by atoms with Crippen LogP contribution in [0.1, 0.15) is 23.1 Å². The van der Waals surface area contributed by atoms with E-state index in [1.165, 1.54) is 0 Å². The van der Waals surface area contributed by atoms with Crippen molar-refractivity contribution in [3.05, 3.63) is 65.0 Å². The second-order valence-electron chi connectivity index (χ2n) is 5.53. The molecule has 2 aromatic carbocycles. The maximum atomic E-state index is 14.4. The van der Waals surface area contributed by atoms with Gasteiger partial charge in [0.15, 0.2) is 0 Å². The lowest BCUT2D eigenvalue weighted by atomic mass is 9.99. The number of aryl methyl sites for hydroxylation is 1. The Morgan fingerprint density at radius 3 is 2.82 bits per heavy atom.